The predicted octanol–water partition coefficient (Wildman–Crippen LogP) is 4.99. The van der Waals surface area contributed by atoms with E-state index in [-0.39, 0.29) is 22.5 Å². The molecule has 10 heteroatoms. The normalized spacial score (nSPS) is 22.7. The summed E-state index contributed by atoms with van der Waals surface area (Å²) >= 11 is 2.72. The monoisotopic (exact) mass is 511 g/mol. The first-order chi connectivity index (χ1) is 16.1. The van der Waals surface area contributed by atoms with Crippen LogP contribution < -0.4 is 10.1 Å². The smallest absolute Gasteiger partial charge is 0.323 e. The molecule has 7 nitrogen and oxygen atoms in total. The zero-order valence-electron chi connectivity index (χ0n) is 20.2. The molecule has 1 heterocycles. The minimum absolute atomic E-state index is 0.0706. The molecule has 0 bridgehead atoms. The Bertz CT molecular complexity index is 919. The molecular formula is C24H34FN3O4S2. The Hall–Kier alpha value is -1.94. The van der Waals surface area contributed by atoms with Gasteiger partial charge in [0.25, 0.3) is 0 Å². The number of amidine groups is 1. The second-order valence-electron chi connectivity index (χ2n) is 9.37. The molecule has 1 aromatic carbocycles. The fraction of sp³-hybridized carbons (Fsp3) is 0.625. The lowest BCUT2D eigenvalue weighted by Crippen LogP contribution is -2.49. The van der Waals surface area contributed by atoms with Gasteiger partial charge in [0.1, 0.15) is 16.3 Å². The fourth-order valence-corrected chi connectivity index (χ4v) is 6.92. The molecule has 2 amide bonds. The molecule has 1 unspecified atom stereocenters. The first-order valence-corrected chi connectivity index (χ1v) is 13.4. The third-order valence-electron chi connectivity index (χ3n) is 6.35. The van der Waals surface area contributed by atoms with Gasteiger partial charge in [-0.15, -0.1) is 11.8 Å². The maximum Gasteiger partial charge on any atom is 0.323 e. The molecule has 1 aromatic rings. The van der Waals surface area contributed by atoms with Crippen molar-refractivity contribution in [3.8, 4) is 5.75 Å². The van der Waals surface area contributed by atoms with E-state index in [1.54, 1.807) is 26.0 Å². The number of carbonyl (C=O) groups is 2. The number of halogens is 1. The van der Waals surface area contributed by atoms with Gasteiger partial charge in [0.05, 0.1) is 18.2 Å². The van der Waals surface area contributed by atoms with Crippen molar-refractivity contribution in [1.82, 2.24) is 10.2 Å². The van der Waals surface area contributed by atoms with Gasteiger partial charge in [-0.25, -0.2) is 9.18 Å². The Morgan fingerprint density at radius 3 is 2.65 bits per heavy atom. The van der Waals surface area contributed by atoms with Crippen LogP contribution in [0.2, 0.25) is 0 Å². The largest absolute Gasteiger partial charge is 0.497 e. The summed E-state index contributed by atoms with van der Waals surface area (Å²) in [5.74, 6) is -0.107. The molecule has 188 valence electrons. The average molecular weight is 512 g/mol. The van der Waals surface area contributed by atoms with Crippen LogP contribution in [0.25, 0.3) is 0 Å². The van der Waals surface area contributed by atoms with Crippen molar-refractivity contribution < 1.29 is 23.8 Å². The third-order valence-corrected chi connectivity index (χ3v) is 8.97. The number of methoxy groups -OCH3 is 1. The van der Waals surface area contributed by atoms with Crippen molar-refractivity contribution in [3.63, 3.8) is 0 Å². The third kappa shape index (κ3) is 7.04. The van der Waals surface area contributed by atoms with E-state index in [1.165, 1.54) is 36.7 Å². The first kappa shape index (κ1) is 26.7. The molecule has 2 aliphatic rings. The van der Waals surface area contributed by atoms with E-state index < -0.39 is 10.7 Å². The zero-order valence-corrected chi connectivity index (χ0v) is 21.8. The van der Waals surface area contributed by atoms with Crippen molar-refractivity contribution >= 4 is 40.7 Å². The Kier molecular flexibility index (Phi) is 9.14. The number of urea groups is 1. The van der Waals surface area contributed by atoms with Gasteiger partial charge in [0.15, 0.2) is 5.17 Å². The molecule has 1 saturated carbocycles. The number of nitrogens with zero attached hydrogens (tertiary/aromatic N) is 2. The number of nitrogens with one attached hydrogen (secondary N) is 1. The summed E-state index contributed by atoms with van der Waals surface area (Å²) in [4.78, 5) is 31.0. The van der Waals surface area contributed by atoms with Crippen LogP contribution in [0.5, 0.6) is 5.75 Å². The lowest BCUT2D eigenvalue weighted by atomic mass is 9.86. The Labute approximate surface area is 209 Å². The van der Waals surface area contributed by atoms with Crippen LogP contribution in [-0.4, -0.2) is 62.7 Å². The maximum atomic E-state index is 14.5. The lowest BCUT2D eigenvalue weighted by molar-refractivity contribution is -0.138. The number of carboxylic acid groups (broad SMARTS) is 1. The van der Waals surface area contributed by atoms with Gasteiger partial charge in [-0.1, -0.05) is 24.8 Å². The molecule has 2 N–H and O–H groups in total. The fourth-order valence-electron chi connectivity index (χ4n) is 4.13. The highest BCUT2D eigenvalue weighted by molar-refractivity contribution is 8.25. The Balaban J connectivity index is 1.64. The maximum absolute atomic E-state index is 14.5. The standard InChI is InChI=1S/C24H34FN3O4S2/c1-15-5-8-17(9-6-15)28(12-11-16-7-10-18(32-4)13-19(16)25)23(31)27-22-26-14-20(33-22)34-24(2,3)21(29)30/h7,10,13,15,17,20H,5-6,8-9,11-12,14H2,1-4H3,(H,29,30)(H,26,27,31). The minimum atomic E-state index is -0.931. The highest BCUT2D eigenvalue weighted by Crippen LogP contribution is 2.38. The number of rotatable bonds is 8. The second-order valence-corrected chi connectivity index (χ2v) is 12.7. The molecule has 1 aliphatic carbocycles. The summed E-state index contributed by atoms with van der Waals surface area (Å²) in [7, 11) is 1.50. The van der Waals surface area contributed by atoms with Gasteiger partial charge in [-0.3, -0.25) is 15.1 Å². The van der Waals surface area contributed by atoms with Crippen molar-refractivity contribution in [2.45, 2.75) is 68.2 Å². The second kappa shape index (κ2) is 11.7. The minimum Gasteiger partial charge on any atom is -0.497 e. The number of hydrogen-bond acceptors (Lipinski definition) is 6. The van der Waals surface area contributed by atoms with Crippen molar-refractivity contribution in [1.29, 1.82) is 0 Å². The molecule has 1 atom stereocenters. The van der Waals surface area contributed by atoms with E-state index in [0.29, 0.717) is 41.9 Å². The number of aliphatic imine (C=N–C) groups is 1. The van der Waals surface area contributed by atoms with Gasteiger partial charge in [-0.05, 0) is 63.5 Å². The summed E-state index contributed by atoms with van der Waals surface area (Å²) in [5.41, 5.74) is 0.544. The van der Waals surface area contributed by atoms with Crippen molar-refractivity contribution in [3.05, 3.63) is 29.6 Å². The Morgan fingerprint density at radius 1 is 1.32 bits per heavy atom. The molecule has 0 radical (unpaired) electrons. The van der Waals surface area contributed by atoms with Crippen LogP contribution in [0.4, 0.5) is 9.18 Å². The highest BCUT2D eigenvalue weighted by atomic mass is 32.2. The average Bonchev–Trinajstić information content (AvgIpc) is 3.21. The SMILES string of the molecule is COc1ccc(CCN(C(=O)NC2=NCC(SC(C)(C)C(=O)O)S2)C2CCC(C)CC2)c(F)c1. The predicted molar refractivity (Wildman–Crippen MR) is 136 cm³/mol. The van der Waals surface area contributed by atoms with E-state index in [0.717, 1.165) is 25.7 Å². The van der Waals surface area contributed by atoms with Crippen LogP contribution in [-0.2, 0) is 11.2 Å². The summed E-state index contributed by atoms with van der Waals surface area (Å²) in [6.45, 7) is 6.41. The van der Waals surface area contributed by atoms with Crippen LogP contribution in [0.1, 0.15) is 52.0 Å². The highest BCUT2D eigenvalue weighted by Gasteiger charge is 2.35. The zero-order chi connectivity index (χ0) is 24.9. The van der Waals surface area contributed by atoms with Crippen LogP contribution in [0.3, 0.4) is 0 Å². The van der Waals surface area contributed by atoms with Gasteiger partial charge < -0.3 is 14.7 Å². The van der Waals surface area contributed by atoms with Crippen molar-refractivity contribution in [2.24, 2.45) is 10.9 Å². The lowest BCUT2D eigenvalue weighted by Gasteiger charge is -2.36. The number of benzene rings is 1. The number of hydrogen-bond donors (Lipinski definition) is 2. The number of amides is 2. The summed E-state index contributed by atoms with van der Waals surface area (Å²) in [6.07, 6.45) is 4.36. The quantitative estimate of drug-likeness (QED) is 0.511. The molecule has 34 heavy (non-hydrogen) atoms. The van der Waals surface area contributed by atoms with E-state index in [9.17, 15) is 19.1 Å². The van der Waals surface area contributed by atoms with Crippen LogP contribution in [0, 0.1) is 11.7 Å². The van der Waals surface area contributed by atoms with Gasteiger partial charge in [0, 0.05) is 18.7 Å². The summed E-state index contributed by atoms with van der Waals surface area (Å²) in [5, 5.41) is 12.8. The Morgan fingerprint density at radius 2 is 2.03 bits per heavy atom. The molecular weight excluding hydrogens is 477 g/mol. The first-order valence-electron chi connectivity index (χ1n) is 11.6. The molecule has 1 fully saturated rings. The van der Waals surface area contributed by atoms with Gasteiger partial charge in [0.2, 0.25) is 0 Å². The van der Waals surface area contributed by atoms with Crippen molar-refractivity contribution in [2.75, 3.05) is 20.2 Å². The van der Waals surface area contributed by atoms with Gasteiger partial charge >= 0.3 is 12.0 Å². The van der Waals surface area contributed by atoms with E-state index in [2.05, 4.69) is 17.2 Å². The number of carboxylic acids is 1. The number of carbonyl (C=O) groups excluding carboxylic acids is 1. The number of thioether (sulfide) groups is 2. The topological polar surface area (TPSA) is 91.2 Å². The number of aliphatic carboxylic acids is 1. The van der Waals surface area contributed by atoms with E-state index >= 15 is 0 Å². The molecule has 1 aliphatic heterocycles. The van der Waals surface area contributed by atoms with E-state index in [4.69, 9.17) is 4.74 Å². The van der Waals surface area contributed by atoms with E-state index in [1.807, 2.05) is 4.90 Å². The summed E-state index contributed by atoms with van der Waals surface area (Å²) in [6, 6.07) is 4.66. The molecule has 0 saturated heterocycles. The molecule has 0 aromatic heterocycles. The van der Waals surface area contributed by atoms with Crippen LogP contribution >= 0.6 is 23.5 Å². The van der Waals surface area contributed by atoms with Crippen LogP contribution in [0.15, 0.2) is 23.2 Å². The number of ether oxygens (including phenoxy) is 1. The summed E-state index contributed by atoms with van der Waals surface area (Å²) < 4.78 is 18.6. The molecule has 3 rings (SSSR count). The van der Waals surface area contributed by atoms with Gasteiger partial charge in [-0.2, -0.15) is 0 Å². The molecule has 0 spiro atoms.